The lowest BCUT2D eigenvalue weighted by Gasteiger charge is -2.23. The van der Waals surface area contributed by atoms with Gasteiger partial charge >= 0.3 is 5.97 Å². The molecule has 0 bridgehead atoms. The fourth-order valence-corrected chi connectivity index (χ4v) is 2.56. The van der Waals surface area contributed by atoms with Crippen LogP contribution in [0.1, 0.15) is 47.4 Å². The standard InChI is InChI=1S/C17H20N2O5/c1-17(2,16(23)24-3)18-13(20)9-6-10-19-14(21)11-7-4-5-8-12(11)15(19)22/h4-5,7-8H,6,9-10H2,1-3H3,(H,18,20). The highest BCUT2D eigenvalue weighted by atomic mass is 16.5. The summed E-state index contributed by atoms with van der Waals surface area (Å²) in [5.74, 6) is -1.57. The molecule has 1 aromatic carbocycles. The van der Waals surface area contributed by atoms with E-state index in [0.29, 0.717) is 17.5 Å². The van der Waals surface area contributed by atoms with E-state index in [-0.39, 0.29) is 30.7 Å². The minimum absolute atomic E-state index is 0.0911. The molecule has 24 heavy (non-hydrogen) atoms. The molecule has 0 radical (unpaired) electrons. The largest absolute Gasteiger partial charge is 0.467 e. The summed E-state index contributed by atoms with van der Waals surface area (Å²) in [5.41, 5.74) is -0.348. The molecular weight excluding hydrogens is 312 g/mol. The van der Waals surface area contributed by atoms with Gasteiger partial charge in [0.1, 0.15) is 5.54 Å². The van der Waals surface area contributed by atoms with Crippen LogP contribution in [-0.2, 0) is 14.3 Å². The zero-order valence-corrected chi connectivity index (χ0v) is 13.9. The first-order chi connectivity index (χ1) is 11.3. The third-order valence-electron chi connectivity index (χ3n) is 3.81. The fourth-order valence-electron chi connectivity index (χ4n) is 2.56. The second kappa shape index (κ2) is 6.82. The number of amides is 3. The minimum Gasteiger partial charge on any atom is -0.467 e. The van der Waals surface area contributed by atoms with Gasteiger partial charge in [-0.05, 0) is 32.4 Å². The smallest absolute Gasteiger partial charge is 0.330 e. The molecule has 1 aliphatic rings. The Morgan fingerprint density at radius 2 is 1.67 bits per heavy atom. The van der Waals surface area contributed by atoms with Crippen molar-refractivity contribution in [3.05, 3.63) is 35.4 Å². The molecule has 0 saturated heterocycles. The van der Waals surface area contributed by atoms with Gasteiger partial charge in [-0.2, -0.15) is 0 Å². The molecule has 1 N–H and O–H groups in total. The van der Waals surface area contributed by atoms with Crippen molar-refractivity contribution in [1.29, 1.82) is 0 Å². The number of methoxy groups -OCH3 is 1. The molecule has 1 heterocycles. The van der Waals surface area contributed by atoms with Gasteiger partial charge in [0.25, 0.3) is 11.8 Å². The van der Waals surface area contributed by atoms with Crippen molar-refractivity contribution in [1.82, 2.24) is 10.2 Å². The maximum atomic E-state index is 12.2. The number of fused-ring (bicyclic) bond motifs is 1. The zero-order chi connectivity index (χ0) is 17.9. The van der Waals surface area contributed by atoms with Gasteiger partial charge in [-0.25, -0.2) is 4.79 Å². The van der Waals surface area contributed by atoms with E-state index in [0.717, 1.165) is 4.90 Å². The number of benzene rings is 1. The summed E-state index contributed by atoms with van der Waals surface area (Å²) in [5, 5.41) is 2.57. The van der Waals surface area contributed by atoms with Crippen LogP contribution in [0, 0.1) is 0 Å². The second-order valence-corrected chi connectivity index (χ2v) is 6.08. The van der Waals surface area contributed by atoms with Crippen molar-refractivity contribution >= 4 is 23.7 Å². The Morgan fingerprint density at radius 3 is 2.17 bits per heavy atom. The molecular formula is C17H20N2O5. The number of imide groups is 1. The zero-order valence-electron chi connectivity index (χ0n) is 13.9. The number of rotatable bonds is 6. The highest BCUT2D eigenvalue weighted by Gasteiger charge is 2.35. The number of nitrogens with one attached hydrogen (secondary N) is 1. The lowest BCUT2D eigenvalue weighted by molar-refractivity contribution is -0.149. The molecule has 0 atom stereocenters. The normalized spacial score (nSPS) is 13.7. The van der Waals surface area contributed by atoms with Gasteiger partial charge in [-0.1, -0.05) is 12.1 Å². The minimum atomic E-state index is -1.12. The van der Waals surface area contributed by atoms with E-state index in [1.807, 2.05) is 0 Å². The number of carbonyl (C=O) groups is 4. The first kappa shape index (κ1) is 17.7. The summed E-state index contributed by atoms with van der Waals surface area (Å²) in [6.45, 7) is 3.24. The van der Waals surface area contributed by atoms with E-state index in [9.17, 15) is 19.2 Å². The highest BCUT2D eigenvalue weighted by molar-refractivity contribution is 6.21. The average molecular weight is 332 g/mol. The van der Waals surface area contributed by atoms with Gasteiger partial charge in [0.2, 0.25) is 5.91 Å². The van der Waals surface area contributed by atoms with E-state index in [1.54, 1.807) is 38.1 Å². The van der Waals surface area contributed by atoms with Crippen molar-refractivity contribution in [3.63, 3.8) is 0 Å². The van der Waals surface area contributed by atoms with E-state index < -0.39 is 11.5 Å². The van der Waals surface area contributed by atoms with Gasteiger partial charge in [0.15, 0.2) is 0 Å². The number of ether oxygens (including phenoxy) is 1. The Balaban J connectivity index is 1.87. The molecule has 0 unspecified atom stereocenters. The number of esters is 1. The van der Waals surface area contributed by atoms with Crippen molar-refractivity contribution < 1.29 is 23.9 Å². The van der Waals surface area contributed by atoms with Crippen LogP contribution >= 0.6 is 0 Å². The first-order valence-corrected chi connectivity index (χ1v) is 7.62. The topological polar surface area (TPSA) is 92.8 Å². The molecule has 0 aliphatic carbocycles. The van der Waals surface area contributed by atoms with Gasteiger partial charge in [-0.15, -0.1) is 0 Å². The van der Waals surface area contributed by atoms with Gasteiger partial charge < -0.3 is 10.1 Å². The van der Waals surface area contributed by atoms with Crippen LogP contribution in [0.5, 0.6) is 0 Å². The maximum absolute atomic E-state index is 12.2. The summed E-state index contributed by atoms with van der Waals surface area (Å²) in [6, 6.07) is 6.63. The molecule has 0 fully saturated rings. The van der Waals surface area contributed by atoms with Crippen molar-refractivity contribution in [3.8, 4) is 0 Å². The second-order valence-electron chi connectivity index (χ2n) is 6.08. The van der Waals surface area contributed by atoms with Crippen LogP contribution in [0.3, 0.4) is 0 Å². The fraction of sp³-hybridized carbons (Fsp3) is 0.412. The summed E-state index contributed by atoms with van der Waals surface area (Å²) in [6.07, 6.45) is 0.405. The molecule has 7 heteroatoms. The van der Waals surface area contributed by atoms with E-state index >= 15 is 0 Å². The Labute approximate surface area is 140 Å². The van der Waals surface area contributed by atoms with Crippen molar-refractivity contribution in [2.24, 2.45) is 0 Å². The van der Waals surface area contributed by atoms with Crippen LogP contribution in [0.4, 0.5) is 0 Å². The van der Waals surface area contributed by atoms with Gasteiger partial charge in [0.05, 0.1) is 18.2 Å². The SMILES string of the molecule is COC(=O)C(C)(C)NC(=O)CCCN1C(=O)c2ccccc2C1=O. The van der Waals surface area contributed by atoms with Crippen molar-refractivity contribution in [2.75, 3.05) is 13.7 Å². The van der Waals surface area contributed by atoms with Crippen LogP contribution in [0.2, 0.25) is 0 Å². The molecule has 7 nitrogen and oxygen atoms in total. The summed E-state index contributed by atoms with van der Waals surface area (Å²) >= 11 is 0. The summed E-state index contributed by atoms with van der Waals surface area (Å²) in [4.78, 5) is 49.0. The van der Waals surface area contributed by atoms with Crippen LogP contribution in [0.25, 0.3) is 0 Å². The first-order valence-electron chi connectivity index (χ1n) is 7.62. The Bertz CT molecular complexity index is 661. The van der Waals surface area contributed by atoms with Crippen LogP contribution in [0.15, 0.2) is 24.3 Å². The van der Waals surface area contributed by atoms with Crippen molar-refractivity contribution in [2.45, 2.75) is 32.2 Å². The lowest BCUT2D eigenvalue weighted by Crippen LogP contribution is -2.50. The molecule has 128 valence electrons. The summed E-state index contributed by atoms with van der Waals surface area (Å²) < 4.78 is 4.61. The summed E-state index contributed by atoms with van der Waals surface area (Å²) in [7, 11) is 1.25. The van der Waals surface area contributed by atoms with E-state index in [2.05, 4.69) is 10.1 Å². The average Bonchev–Trinajstić information content (AvgIpc) is 2.79. The number of carbonyl (C=O) groups excluding carboxylic acids is 4. The van der Waals surface area contributed by atoms with Crippen LogP contribution < -0.4 is 5.32 Å². The predicted octanol–water partition coefficient (Wildman–Crippen LogP) is 1.13. The molecule has 2 rings (SSSR count). The number of hydrogen-bond acceptors (Lipinski definition) is 5. The third-order valence-corrected chi connectivity index (χ3v) is 3.81. The molecule has 0 saturated carbocycles. The molecule has 0 aromatic heterocycles. The highest BCUT2D eigenvalue weighted by Crippen LogP contribution is 2.22. The Hall–Kier alpha value is -2.70. The van der Waals surface area contributed by atoms with Gasteiger partial charge in [-0.3, -0.25) is 19.3 Å². The van der Waals surface area contributed by atoms with Gasteiger partial charge in [0, 0.05) is 13.0 Å². The Kier molecular flexibility index (Phi) is 5.02. The maximum Gasteiger partial charge on any atom is 0.330 e. The monoisotopic (exact) mass is 332 g/mol. The number of nitrogens with zero attached hydrogens (tertiary/aromatic N) is 1. The number of hydrogen-bond donors (Lipinski definition) is 1. The Morgan fingerprint density at radius 1 is 1.12 bits per heavy atom. The van der Waals surface area contributed by atoms with E-state index in [1.165, 1.54) is 7.11 Å². The lowest BCUT2D eigenvalue weighted by atomic mass is 10.1. The molecule has 0 spiro atoms. The molecule has 1 aromatic rings. The predicted molar refractivity (Wildman–Crippen MR) is 85.3 cm³/mol. The third kappa shape index (κ3) is 3.45. The molecule has 1 aliphatic heterocycles. The molecule has 3 amide bonds. The van der Waals surface area contributed by atoms with Crippen LogP contribution in [-0.4, -0.2) is 47.8 Å². The quantitative estimate of drug-likeness (QED) is 0.623. The van der Waals surface area contributed by atoms with E-state index in [4.69, 9.17) is 0 Å².